The van der Waals surface area contributed by atoms with Gasteiger partial charge in [0.15, 0.2) is 11.6 Å². The fourth-order valence-electron chi connectivity index (χ4n) is 6.91. The minimum atomic E-state index is -0.835. The van der Waals surface area contributed by atoms with E-state index < -0.39 is 40.8 Å². The van der Waals surface area contributed by atoms with Crippen LogP contribution in [0.2, 0.25) is 0 Å². The maximum absolute atomic E-state index is 14.0. The Hall–Kier alpha value is -4.07. The molecule has 3 rings (SSSR count). The van der Waals surface area contributed by atoms with Crippen molar-refractivity contribution in [2.45, 2.75) is 138 Å². The highest BCUT2D eigenvalue weighted by atomic mass is 16.2. The lowest BCUT2D eigenvalue weighted by molar-refractivity contribution is -0.146. The van der Waals surface area contributed by atoms with Gasteiger partial charge >= 0.3 is 0 Å². The highest BCUT2D eigenvalue weighted by Crippen LogP contribution is 2.34. The second kappa shape index (κ2) is 22.2. The van der Waals surface area contributed by atoms with Crippen molar-refractivity contribution in [1.82, 2.24) is 4.90 Å². The molecule has 53 heavy (non-hydrogen) atoms. The second-order valence-corrected chi connectivity index (χ2v) is 15.9. The van der Waals surface area contributed by atoms with Crippen molar-refractivity contribution in [3.8, 4) is 0 Å². The lowest BCUT2D eigenvalue weighted by atomic mass is 9.76. The van der Waals surface area contributed by atoms with Gasteiger partial charge in [-0.25, -0.2) is 0 Å². The molecule has 0 aliphatic carbocycles. The van der Waals surface area contributed by atoms with Crippen molar-refractivity contribution in [1.29, 1.82) is 0 Å². The minimum absolute atomic E-state index is 0.0424. The van der Waals surface area contributed by atoms with Gasteiger partial charge in [0.1, 0.15) is 17.3 Å². The molecular formula is C45H63NO7. The molecule has 1 amide bonds. The molecule has 1 unspecified atom stereocenters. The molecule has 1 saturated heterocycles. The van der Waals surface area contributed by atoms with Gasteiger partial charge in [-0.15, -0.1) is 0 Å². The van der Waals surface area contributed by atoms with E-state index in [1.54, 1.807) is 18.7 Å². The number of rotatable bonds is 20. The van der Waals surface area contributed by atoms with Gasteiger partial charge in [-0.1, -0.05) is 129 Å². The average Bonchev–Trinajstić information content (AvgIpc) is 3.62. The van der Waals surface area contributed by atoms with Crippen LogP contribution in [0.3, 0.4) is 0 Å². The first-order valence-corrected chi connectivity index (χ1v) is 19.6. The van der Waals surface area contributed by atoms with Crippen molar-refractivity contribution in [3.05, 3.63) is 71.8 Å². The minimum Gasteiger partial charge on any atom is -0.332 e. The Morgan fingerprint density at radius 1 is 0.774 bits per heavy atom. The van der Waals surface area contributed by atoms with Crippen LogP contribution in [-0.2, 0) is 40.0 Å². The zero-order valence-electron chi connectivity index (χ0n) is 33.5. The number of ketones is 6. The van der Waals surface area contributed by atoms with Crippen LogP contribution >= 0.6 is 0 Å². The normalized spacial score (nSPS) is 15.9. The summed E-state index contributed by atoms with van der Waals surface area (Å²) in [5, 5.41) is 0. The zero-order valence-corrected chi connectivity index (χ0v) is 33.5. The fourth-order valence-corrected chi connectivity index (χ4v) is 6.91. The molecule has 290 valence electrons. The summed E-state index contributed by atoms with van der Waals surface area (Å²) in [6.07, 6.45) is 2.92. The number of hydrogen-bond acceptors (Lipinski definition) is 7. The van der Waals surface area contributed by atoms with E-state index in [-0.39, 0.29) is 73.5 Å². The predicted molar refractivity (Wildman–Crippen MR) is 209 cm³/mol. The van der Waals surface area contributed by atoms with Crippen LogP contribution in [0.15, 0.2) is 60.7 Å². The molecule has 4 atom stereocenters. The summed E-state index contributed by atoms with van der Waals surface area (Å²) in [7, 11) is 0. The van der Waals surface area contributed by atoms with Crippen LogP contribution in [0.5, 0.6) is 0 Å². The summed E-state index contributed by atoms with van der Waals surface area (Å²) in [5.41, 5.74) is 1.11. The van der Waals surface area contributed by atoms with Crippen molar-refractivity contribution < 1.29 is 33.6 Å². The van der Waals surface area contributed by atoms with E-state index in [0.29, 0.717) is 32.2 Å². The van der Waals surface area contributed by atoms with Crippen LogP contribution < -0.4 is 0 Å². The molecule has 1 aliphatic heterocycles. The standard InChI is InChI=1S/C42H55NO7.C3H8/c1-7-15-31(40(49)37(46)22-21-32(44)26-34(39(48)28(2)3)30-18-12-9-13-19-30)25-38(47)36-20-14-23-43(36)41(50)35(42(4,5)6)27-33(45)24-29-16-10-8-11-17-29;1-3-2/h8-13,16-19,28,31,34-36H,7,14-15,20-27H2,1-6H3;3H2,1-2H3/t31?,34-,35+,36-;/m0./s1. The largest absolute Gasteiger partial charge is 0.332 e. The number of benzene rings is 2. The number of amides is 1. The Morgan fingerprint density at radius 2 is 1.36 bits per heavy atom. The van der Waals surface area contributed by atoms with E-state index in [9.17, 15) is 33.6 Å². The molecule has 2 aromatic carbocycles. The second-order valence-electron chi connectivity index (χ2n) is 15.9. The molecular weight excluding hydrogens is 666 g/mol. The summed E-state index contributed by atoms with van der Waals surface area (Å²) < 4.78 is 0. The van der Waals surface area contributed by atoms with E-state index in [2.05, 4.69) is 13.8 Å². The molecule has 8 heteroatoms. The van der Waals surface area contributed by atoms with Gasteiger partial charge < -0.3 is 4.90 Å². The van der Waals surface area contributed by atoms with E-state index in [1.165, 1.54) is 6.42 Å². The Balaban J connectivity index is 0.00000313. The van der Waals surface area contributed by atoms with E-state index in [1.807, 2.05) is 88.4 Å². The number of nitrogens with zero attached hydrogens (tertiary/aromatic N) is 1. The maximum atomic E-state index is 14.0. The van der Waals surface area contributed by atoms with Crippen LogP contribution in [0.1, 0.15) is 137 Å². The van der Waals surface area contributed by atoms with Crippen molar-refractivity contribution in [2.75, 3.05) is 6.54 Å². The first kappa shape index (κ1) is 45.1. The SMILES string of the molecule is CCC.CCCC(CC(=O)[C@@H]1CCCN1C(=O)[C@@H](CC(=O)Cc1ccccc1)C(C)(C)C)C(=O)C(=O)CCC(=O)C[C@H](C(=O)C(C)C)c1ccccc1. The summed E-state index contributed by atoms with van der Waals surface area (Å²) in [5.74, 6) is -4.54. The van der Waals surface area contributed by atoms with Gasteiger partial charge in [-0.3, -0.25) is 33.6 Å². The van der Waals surface area contributed by atoms with E-state index >= 15 is 0 Å². The number of hydrogen-bond donors (Lipinski definition) is 0. The topological polar surface area (TPSA) is 123 Å². The van der Waals surface area contributed by atoms with Crippen LogP contribution in [0.25, 0.3) is 0 Å². The van der Waals surface area contributed by atoms with Gasteiger partial charge in [-0.05, 0) is 35.8 Å². The van der Waals surface area contributed by atoms with E-state index in [4.69, 9.17) is 0 Å². The van der Waals surface area contributed by atoms with Gasteiger partial charge in [0.2, 0.25) is 11.7 Å². The van der Waals surface area contributed by atoms with E-state index in [0.717, 1.165) is 11.1 Å². The Morgan fingerprint density at radius 3 is 1.91 bits per heavy atom. The lowest BCUT2D eigenvalue weighted by Crippen LogP contribution is -2.47. The summed E-state index contributed by atoms with van der Waals surface area (Å²) in [6.45, 7) is 15.9. The highest BCUT2D eigenvalue weighted by Gasteiger charge is 2.42. The van der Waals surface area contributed by atoms with Crippen molar-refractivity contribution >= 4 is 40.6 Å². The Bertz CT molecular complexity index is 1520. The monoisotopic (exact) mass is 729 g/mol. The van der Waals surface area contributed by atoms with Crippen molar-refractivity contribution in [3.63, 3.8) is 0 Å². The predicted octanol–water partition coefficient (Wildman–Crippen LogP) is 8.52. The van der Waals surface area contributed by atoms with Crippen molar-refractivity contribution in [2.24, 2.45) is 23.2 Å². The molecule has 0 radical (unpaired) electrons. The number of carbonyl (C=O) groups is 7. The van der Waals surface area contributed by atoms with Gasteiger partial charge in [0, 0.05) is 68.7 Å². The lowest BCUT2D eigenvalue weighted by Gasteiger charge is -2.35. The third-order valence-corrected chi connectivity index (χ3v) is 9.83. The molecule has 0 spiro atoms. The molecule has 0 bridgehead atoms. The molecule has 2 aromatic rings. The zero-order chi connectivity index (χ0) is 39.7. The molecule has 8 nitrogen and oxygen atoms in total. The van der Waals surface area contributed by atoms with Crippen LogP contribution in [0, 0.1) is 23.2 Å². The summed E-state index contributed by atoms with van der Waals surface area (Å²) >= 11 is 0. The number of likely N-dealkylation sites (tertiary alicyclic amines) is 1. The smallest absolute Gasteiger partial charge is 0.227 e. The third-order valence-electron chi connectivity index (χ3n) is 9.83. The van der Waals surface area contributed by atoms with Gasteiger partial charge in [0.25, 0.3) is 0 Å². The molecule has 1 heterocycles. The van der Waals surface area contributed by atoms with Crippen LogP contribution in [-0.4, -0.2) is 58.1 Å². The summed E-state index contributed by atoms with van der Waals surface area (Å²) in [6, 6.07) is 17.8. The molecule has 0 aromatic heterocycles. The quantitative estimate of drug-likeness (QED) is 0.125. The number of carbonyl (C=O) groups excluding carboxylic acids is 7. The molecule has 1 fully saturated rings. The first-order valence-electron chi connectivity index (χ1n) is 19.6. The molecule has 0 saturated carbocycles. The fraction of sp³-hybridized carbons (Fsp3) is 0.578. The van der Waals surface area contributed by atoms with Gasteiger partial charge in [-0.2, -0.15) is 0 Å². The maximum Gasteiger partial charge on any atom is 0.227 e. The van der Waals surface area contributed by atoms with Gasteiger partial charge in [0.05, 0.1) is 6.04 Å². The first-order chi connectivity index (χ1) is 25.0. The highest BCUT2D eigenvalue weighted by molar-refractivity contribution is 6.38. The third kappa shape index (κ3) is 14.4. The number of Topliss-reactive ketones (excluding diaryl/α,β-unsaturated/α-hetero) is 6. The molecule has 0 N–H and O–H groups in total. The average molecular weight is 730 g/mol. The molecule has 1 aliphatic rings. The summed E-state index contributed by atoms with van der Waals surface area (Å²) in [4.78, 5) is 94.8. The Labute approximate surface area is 317 Å². The Kier molecular flexibility index (Phi) is 18.9. The van der Waals surface area contributed by atoms with Crippen LogP contribution in [0.4, 0.5) is 0 Å².